The molecule has 0 radical (unpaired) electrons. The lowest BCUT2D eigenvalue weighted by atomic mass is 9.95. The van der Waals surface area contributed by atoms with E-state index in [-0.39, 0.29) is 23.0 Å². The Morgan fingerprint density at radius 2 is 1.90 bits per heavy atom. The molecule has 4 N–H and O–H groups in total. The molecule has 0 saturated carbocycles. The molecule has 1 aliphatic carbocycles. The van der Waals surface area contributed by atoms with Crippen molar-refractivity contribution < 1.29 is 24.5 Å². The molecule has 2 aromatic carbocycles. The van der Waals surface area contributed by atoms with Crippen LogP contribution in [0.4, 0.5) is 0 Å². The topological polar surface area (TPSA) is 125 Å². The number of carbonyl (C=O) groups is 2. The third-order valence-corrected chi connectivity index (χ3v) is 5.02. The second-order valence-corrected chi connectivity index (χ2v) is 6.81. The first-order chi connectivity index (χ1) is 13.8. The van der Waals surface area contributed by atoms with E-state index >= 15 is 0 Å². The van der Waals surface area contributed by atoms with Crippen LogP contribution < -0.4 is 20.8 Å². The lowest BCUT2D eigenvalue weighted by molar-refractivity contribution is -0.119. The van der Waals surface area contributed by atoms with Gasteiger partial charge in [0.1, 0.15) is 0 Å². The monoisotopic (exact) mass is 398 g/mol. The number of amides is 2. The van der Waals surface area contributed by atoms with Crippen molar-refractivity contribution in [1.82, 2.24) is 10.6 Å². The Hall–Kier alpha value is -3.55. The first kappa shape index (κ1) is 20.2. The Kier molecular flexibility index (Phi) is 5.45. The van der Waals surface area contributed by atoms with Crippen LogP contribution in [0.15, 0.2) is 29.1 Å². The molecule has 0 aliphatic heterocycles. The lowest BCUT2D eigenvalue weighted by Crippen LogP contribution is -2.27. The summed E-state index contributed by atoms with van der Waals surface area (Å²) < 4.78 is 5.13. The summed E-state index contributed by atoms with van der Waals surface area (Å²) in [5.41, 5.74) is 1.34. The number of aromatic hydroxyl groups is 2. The van der Waals surface area contributed by atoms with Gasteiger partial charge in [0.05, 0.1) is 18.7 Å². The molecule has 0 fully saturated rings. The van der Waals surface area contributed by atoms with E-state index in [1.165, 1.54) is 33.2 Å². The van der Waals surface area contributed by atoms with Crippen LogP contribution in [-0.2, 0) is 11.2 Å². The van der Waals surface area contributed by atoms with Gasteiger partial charge in [-0.3, -0.25) is 14.4 Å². The van der Waals surface area contributed by atoms with E-state index in [1.54, 1.807) is 12.1 Å². The zero-order chi connectivity index (χ0) is 21.3. The zero-order valence-corrected chi connectivity index (χ0v) is 16.3. The fourth-order valence-electron chi connectivity index (χ4n) is 3.67. The van der Waals surface area contributed by atoms with Gasteiger partial charge in [-0.05, 0) is 47.7 Å². The molecule has 29 heavy (non-hydrogen) atoms. The Bertz CT molecular complexity index is 1060. The summed E-state index contributed by atoms with van der Waals surface area (Å²) >= 11 is 0. The van der Waals surface area contributed by atoms with Crippen LogP contribution in [0, 0.1) is 0 Å². The molecule has 0 bridgehead atoms. The van der Waals surface area contributed by atoms with Crippen molar-refractivity contribution in [3.63, 3.8) is 0 Å². The average molecular weight is 398 g/mol. The Balaban J connectivity index is 2.38. The van der Waals surface area contributed by atoms with E-state index in [2.05, 4.69) is 10.6 Å². The first-order valence-electron chi connectivity index (χ1n) is 9.08. The molecular weight excluding hydrogens is 376 g/mol. The summed E-state index contributed by atoms with van der Waals surface area (Å²) in [7, 11) is 2.80. The van der Waals surface area contributed by atoms with Crippen LogP contribution in [0.25, 0.3) is 11.1 Å². The summed E-state index contributed by atoms with van der Waals surface area (Å²) in [6, 6.07) is 5.33. The fourth-order valence-corrected chi connectivity index (χ4v) is 3.67. The molecule has 2 aromatic rings. The second-order valence-electron chi connectivity index (χ2n) is 6.81. The van der Waals surface area contributed by atoms with Gasteiger partial charge in [0, 0.05) is 19.5 Å². The molecular formula is C21H22N2O6. The smallest absolute Gasteiger partial charge is 0.254 e. The minimum Gasteiger partial charge on any atom is -0.504 e. The Morgan fingerprint density at radius 3 is 2.52 bits per heavy atom. The predicted octanol–water partition coefficient (Wildman–Crippen LogP) is 1.62. The maximum atomic E-state index is 12.7. The third-order valence-electron chi connectivity index (χ3n) is 5.02. The summed E-state index contributed by atoms with van der Waals surface area (Å²) in [6.45, 7) is 1.38. The number of fused-ring (bicyclic) bond motifs is 3. The predicted molar refractivity (Wildman–Crippen MR) is 106 cm³/mol. The number of aryl methyl sites for hydroxylation is 1. The van der Waals surface area contributed by atoms with Gasteiger partial charge in [0.2, 0.25) is 11.7 Å². The molecule has 3 rings (SSSR count). The molecule has 8 nitrogen and oxygen atoms in total. The summed E-state index contributed by atoms with van der Waals surface area (Å²) in [5, 5.41) is 26.3. The number of nitrogens with one attached hydrogen (secondary N) is 2. The summed E-state index contributed by atoms with van der Waals surface area (Å²) in [5.74, 6) is -1.50. The van der Waals surface area contributed by atoms with Crippen molar-refractivity contribution in [2.75, 3.05) is 14.2 Å². The number of methoxy groups -OCH3 is 1. The Morgan fingerprint density at radius 1 is 1.17 bits per heavy atom. The van der Waals surface area contributed by atoms with Gasteiger partial charge in [-0.15, -0.1) is 0 Å². The molecule has 1 aliphatic rings. The van der Waals surface area contributed by atoms with E-state index < -0.39 is 23.1 Å². The van der Waals surface area contributed by atoms with Gasteiger partial charge in [-0.1, -0.05) is 6.07 Å². The highest BCUT2D eigenvalue weighted by Gasteiger charge is 2.28. The van der Waals surface area contributed by atoms with Gasteiger partial charge in [-0.25, -0.2) is 0 Å². The Labute approximate surface area is 167 Å². The van der Waals surface area contributed by atoms with Crippen LogP contribution in [0.3, 0.4) is 0 Å². The van der Waals surface area contributed by atoms with Gasteiger partial charge >= 0.3 is 0 Å². The van der Waals surface area contributed by atoms with Crippen LogP contribution in [0.2, 0.25) is 0 Å². The molecule has 0 saturated heterocycles. The fraction of sp³-hybridized carbons (Fsp3) is 0.286. The lowest BCUT2D eigenvalue weighted by Gasteiger charge is -2.17. The number of rotatable bonds is 3. The van der Waals surface area contributed by atoms with E-state index in [4.69, 9.17) is 4.74 Å². The summed E-state index contributed by atoms with van der Waals surface area (Å²) in [6.07, 6.45) is 0.908. The van der Waals surface area contributed by atoms with Crippen molar-refractivity contribution >= 4 is 11.8 Å². The highest BCUT2D eigenvalue weighted by atomic mass is 16.5. The van der Waals surface area contributed by atoms with Crippen LogP contribution in [0.1, 0.15) is 40.9 Å². The van der Waals surface area contributed by atoms with Crippen LogP contribution in [0.5, 0.6) is 17.2 Å². The number of benzene rings is 1. The number of ether oxygens (including phenoxy) is 1. The highest BCUT2D eigenvalue weighted by molar-refractivity contribution is 5.94. The standard InChI is InChI=1S/C21H22N2O6/c1-10(24)23-15-7-4-11-8-17(29-3)19(26)20(27)18(11)12-5-6-13(21(28)22-2)16(25)9-14(12)15/h5-6,8-9,15,26-27H,4,7H2,1-3H3,(H,22,28)(H,23,24). The third kappa shape index (κ3) is 3.61. The van der Waals surface area contributed by atoms with Gasteiger partial charge < -0.3 is 25.6 Å². The van der Waals surface area contributed by atoms with Crippen molar-refractivity contribution in [2.45, 2.75) is 25.8 Å². The molecule has 8 heteroatoms. The maximum absolute atomic E-state index is 12.7. The van der Waals surface area contributed by atoms with Gasteiger partial charge in [0.25, 0.3) is 5.91 Å². The van der Waals surface area contributed by atoms with Gasteiger partial charge in [0.15, 0.2) is 16.9 Å². The van der Waals surface area contributed by atoms with E-state index in [1.807, 2.05) is 0 Å². The molecule has 1 unspecified atom stereocenters. The number of phenols is 2. The number of hydrogen-bond acceptors (Lipinski definition) is 6. The highest BCUT2D eigenvalue weighted by Crippen LogP contribution is 2.49. The molecule has 2 amide bonds. The largest absolute Gasteiger partial charge is 0.504 e. The molecule has 0 aromatic heterocycles. The zero-order valence-electron chi connectivity index (χ0n) is 16.3. The average Bonchev–Trinajstić information content (AvgIpc) is 2.93. The number of carbonyl (C=O) groups excluding carboxylic acids is 2. The van der Waals surface area contributed by atoms with Crippen LogP contribution >= 0.6 is 0 Å². The maximum Gasteiger partial charge on any atom is 0.254 e. The first-order valence-corrected chi connectivity index (χ1v) is 9.08. The minimum atomic E-state index is -0.543. The van der Waals surface area contributed by atoms with Crippen molar-refractivity contribution in [2.24, 2.45) is 0 Å². The van der Waals surface area contributed by atoms with Gasteiger partial charge in [-0.2, -0.15) is 0 Å². The normalized spacial score (nSPS) is 14.8. The molecule has 1 atom stereocenters. The minimum absolute atomic E-state index is 0.0686. The van der Waals surface area contributed by atoms with E-state index in [0.29, 0.717) is 35.1 Å². The molecule has 0 spiro atoms. The number of phenolic OH excluding ortho intramolecular Hbond substituents is 2. The van der Waals surface area contributed by atoms with Crippen molar-refractivity contribution in [3.8, 4) is 28.4 Å². The second kappa shape index (κ2) is 7.83. The molecule has 0 heterocycles. The van der Waals surface area contributed by atoms with Crippen molar-refractivity contribution in [3.05, 3.63) is 51.2 Å². The van der Waals surface area contributed by atoms with E-state index in [0.717, 1.165) is 0 Å². The molecule has 152 valence electrons. The SMILES string of the molecule is CNC(=O)c1ccc2c(cc1=O)C(NC(C)=O)CCc1cc(OC)c(O)c(O)c1-2. The quantitative estimate of drug-likeness (QED) is 0.582. The van der Waals surface area contributed by atoms with Crippen LogP contribution in [-0.4, -0.2) is 36.2 Å². The van der Waals surface area contributed by atoms with E-state index in [9.17, 15) is 24.6 Å². The van der Waals surface area contributed by atoms with Crippen molar-refractivity contribution in [1.29, 1.82) is 0 Å². The summed E-state index contributed by atoms with van der Waals surface area (Å²) in [4.78, 5) is 36.5. The number of hydrogen-bond donors (Lipinski definition) is 4.